The van der Waals surface area contributed by atoms with Gasteiger partial charge in [0, 0.05) is 28.0 Å². The van der Waals surface area contributed by atoms with Crippen molar-refractivity contribution in [2.75, 3.05) is 4.90 Å². The molecule has 0 aliphatic rings. The summed E-state index contributed by atoms with van der Waals surface area (Å²) >= 11 is 0. The van der Waals surface area contributed by atoms with Crippen LogP contribution in [-0.4, -0.2) is 0 Å². The number of fused-ring (bicyclic) bond motifs is 2. The van der Waals surface area contributed by atoms with Gasteiger partial charge in [0.25, 0.3) is 0 Å². The van der Waals surface area contributed by atoms with Gasteiger partial charge in [-0.05, 0) is 110 Å². The number of anilines is 3. The van der Waals surface area contributed by atoms with Crippen LogP contribution in [0.5, 0.6) is 0 Å². The van der Waals surface area contributed by atoms with E-state index in [0.29, 0.717) is 22.5 Å². The van der Waals surface area contributed by atoms with Gasteiger partial charge < -0.3 is 4.90 Å². The van der Waals surface area contributed by atoms with Gasteiger partial charge in [0.05, 0.1) is 30.8 Å². The molecule has 0 amide bonds. The molecule has 0 spiro atoms. The molecule has 0 aromatic heterocycles. The predicted octanol–water partition coefficient (Wildman–Crippen LogP) is 13.3. The zero-order chi connectivity index (χ0) is 36.3. The molecule has 8 aromatic carbocycles. The number of rotatable bonds is 6. The van der Waals surface area contributed by atoms with E-state index in [0.717, 1.165) is 72.0 Å². The van der Waals surface area contributed by atoms with E-state index in [9.17, 15) is 10.5 Å². The summed E-state index contributed by atoms with van der Waals surface area (Å²) in [5.41, 5.74) is 11.0. The smallest absolute Gasteiger partial charge is 0.194 e. The first-order chi connectivity index (χ1) is 26.1. The van der Waals surface area contributed by atoms with E-state index in [1.807, 2.05) is 72.8 Å². The van der Waals surface area contributed by atoms with Gasteiger partial charge in [0.15, 0.2) is 11.4 Å². The average molecular weight is 674 g/mol. The van der Waals surface area contributed by atoms with Crippen molar-refractivity contribution in [3.8, 4) is 45.5 Å². The lowest BCUT2D eigenvalue weighted by Crippen LogP contribution is -2.09. The van der Waals surface area contributed by atoms with Crippen molar-refractivity contribution in [3.05, 3.63) is 198 Å². The van der Waals surface area contributed by atoms with Gasteiger partial charge in [-0.1, -0.05) is 103 Å². The molecule has 0 N–H and O–H groups in total. The maximum atomic E-state index is 9.70. The van der Waals surface area contributed by atoms with E-state index in [4.69, 9.17) is 13.1 Å². The quantitative estimate of drug-likeness (QED) is 0.165. The Labute approximate surface area is 307 Å². The van der Waals surface area contributed by atoms with Crippen LogP contribution >= 0.6 is 0 Å². The molecule has 0 atom stereocenters. The third-order valence-corrected chi connectivity index (χ3v) is 9.57. The van der Waals surface area contributed by atoms with Crippen LogP contribution in [0.4, 0.5) is 28.4 Å². The fourth-order valence-electron chi connectivity index (χ4n) is 7.02. The average Bonchev–Trinajstić information content (AvgIpc) is 3.23. The molecule has 244 valence electrons. The minimum absolute atomic E-state index is 0.427. The molecule has 0 unspecified atom stereocenters. The van der Waals surface area contributed by atoms with Crippen molar-refractivity contribution in [3.63, 3.8) is 0 Å². The van der Waals surface area contributed by atoms with Crippen molar-refractivity contribution in [2.45, 2.75) is 0 Å². The minimum Gasteiger partial charge on any atom is -0.311 e. The molecule has 0 aliphatic carbocycles. The Balaban J connectivity index is 1.21. The maximum absolute atomic E-state index is 9.70. The second kappa shape index (κ2) is 13.7. The first-order valence-corrected chi connectivity index (χ1v) is 16.9. The van der Waals surface area contributed by atoms with Gasteiger partial charge in [-0.3, -0.25) is 0 Å². The molecule has 8 rings (SSSR count). The highest BCUT2D eigenvalue weighted by Crippen LogP contribution is 2.40. The molecule has 0 aliphatic heterocycles. The van der Waals surface area contributed by atoms with E-state index in [1.54, 1.807) is 18.2 Å². The van der Waals surface area contributed by atoms with E-state index in [1.165, 1.54) is 0 Å². The van der Waals surface area contributed by atoms with Gasteiger partial charge in [0.2, 0.25) is 0 Å². The first kappa shape index (κ1) is 32.3. The summed E-state index contributed by atoms with van der Waals surface area (Å²) < 4.78 is 0. The van der Waals surface area contributed by atoms with E-state index >= 15 is 0 Å². The molecular formula is C48H27N5. The summed E-state index contributed by atoms with van der Waals surface area (Å²) in [6.45, 7) is 15.1. The first-order valence-electron chi connectivity index (χ1n) is 16.9. The normalized spacial score (nSPS) is 10.6. The van der Waals surface area contributed by atoms with Crippen LogP contribution in [0, 0.1) is 35.8 Å². The molecule has 0 radical (unpaired) electrons. The lowest BCUT2D eigenvalue weighted by molar-refractivity contribution is 1.28. The Kier molecular flexibility index (Phi) is 8.37. The van der Waals surface area contributed by atoms with Gasteiger partial charge in [0.1, 0.15) is 0 Å². The molecule has 0 saturated heterocycles. The Hall–Kier alpha value is -7.96. The predicted molar refractivity (Wildman–Crippen MR) is 214 cm³/mol. The molecular weight excluding hydrogens is 647 g/mol. The molecule has 0 saturated carbocycles. The zero-order valence-corrected chi connectivity index (χ0v) is 28.3. The van der Waals surface area contributed by atoms with Crippen LogP contribution in [0.2, 0.25) is 0 Å². The summed E-state index contributed by atoms with van der Waals surface area (Å²) in [5.74, 6) is 0. The molecule has 53 heavy (non-hydrogen) atoms. The van der Waals surface area contributed by atoms with E-state index < -0.39 is 0 Å². The minimum atomic E-state index is 0.427. The van der Waals surface area contributed by atoms with Crippen molar-refractivity contribution in [2.24, 2.45) is 0 Å². The van der Waals surface area contributed by atoms with Crippen LogP contribution in [-0.2, 0) is 0 Å². The Morgan fingerprint density at radius 3 is 1.47 bits per heavy atom. The standard InChI is InChI=1S/C48H27N5/c1-51-38-28-32(30-49)27-37(29-38)33-11-18-39(19-12-33)53(40-20-13-34(14-21-40)43-24-17-36(31-50)42-7-3-4-8-45(42)43)41-22-15-35(16-23-41)44-25-26-48(52-2)47-10-6-5-9-46(44)47/h3-29H. The molecule has 5 heteroatoms. The van der Waals surface area contributed by atoms with Crippen LogP contribution < -0.4 is 4.90 Å². The van der Waals surface area contributed by atoms with Crippen molar-refractivity contribution < 1.29 is 0 Å². The number of hydrogen-bond acceptors (Lipinski definition) is 3. The monoisotopic (exact) mass is 673 g/mol. The Morgan fingerprint density at radius 1 is 0.434 bits per heavy atom. The molecule has 0 fully saturated rings. The maximum Gasteiger partial charge on any atom is 0.194 e. The zero-order valence-electron chi connectivity index (χ0n) is 28.3. The largest absolute Gasteiger partial charge is 0.311 e. The Bertz CT molecular complexity index is 2690. The fraction of sp³-hybridized carbons (Fsp3) is 0. The topological polar surface area (TPSA) is 59.5 Å². The Morgan fingerprint density at radius 2 is 0.943 bits per heavy atom. The summed E-state index contributed by atoms with van der Waals surface area (Å²) in [5, 5.41) is 23.2. The summed E-state index contributed by atoms with van der Waals surface area (Å²) in [6, 6.07) is 58.6. The number of benzene rings is 8. The summed E-state index contributed by atoms with van der Waals surface area (Å²) in [4.78, 5) is 9.49. The van der Waals surface area contributed by atoms with Crippen LogP contribution in [0.3, 0.4) is 0 Å². The highest BCUT2D eigenvalue weighted by atomic mass is 15.1. The van der Waals surface area contributed by atoms with Crippen molar-refractivity contribution in [1.82, 2.24) is 0 Å². The lowest BCUT2D eigenvalue weighted by atomic mass is 9.95. The number of nitrogens with zero attached hydrogens (tertiary/aromatic N) is 5. The van der Waals surface area contributed by atoms with Crippen molar-refractivity contribution in [1.29, 1.82) is 10.5 Å². The fourth-order valence-corrected chi connectivity index (χ4v) is 7.02. The van der Waals surface area contributed by atoms with Gasteiger partial charge in [-0.25, -0.2) is 9.69 Å². The van der Waals surface area contributed by atoms with E-state index in [-0.39, 0.29) is 0 Å². The SMILES string of the molecule is [C-]#[N+]c1cc(C#N)cc(-c2ccc(N(c3ccc(-c4ccc(C#N)c5ccccc45)cc3)c3ccc(-c4ccc([N+]#[C-])c5ccccc45)cc3)cc2)c1. The van der Waals surface area contributed by atoms with Crippen LogP contribution in [0.15, 0.2) is 164 Å². The second-order valence-corrected chi connectivity index (χ2v) is 12.6. The number of hydrogen-bond donors (Lipinski definition) is 0. The van der Waals surface area contributed by atoms with Gasteiger partial charge in [-0.15, -0.1) is 0 Å². The highest BCUT2D eigenvalue weighted by molar-refractivity contribution is 6.04. The molecule has 8 aromatic rings. The third-order valence-electron chi connectivity index (χ3n) is 9.57. The van der Waals surface area contributed by atoms with E-state index in [2.05, 4.69) is 99.5 Å². The van der Waals surface area contributed by atoms with Crippen molar-refractivity contribution >= 4 is 50.0 Å². The third kappa shape index (κ3) is 5.98. The second-order valence-electron chi connectivity index (χ2n) is 12.6. The van der Waals surface area contributed by atoms with Crippen LogP contribution in [0.1, 0.15) is 11.1 Å². The molecule has 5 nitrogen and oxygen atoms in total. The number of nitriles is 2. The highest BCUT2D eigenvalue weighted by Gasteiger charge is 2.16. The molecule has 0 bridgehead atoms. The summed E-state index contributed by atoms with van der Waals surface area (Å²) in [6.07, 6.45) is 0. The van der Waals surface area contributed by atoms with Gasteiger partial charge in [-0.2, -0.15) is 10.5 Å². The van der Waals surface area contributed by atoms with Crippen LogP contribution in [0.25, 0.3) is 64.6 Å². The molecule has 0 heterocycles. The lowest BCUT2D eigenvalue weighted by Gasteiger charge is -2.26. The summed E-state index contributed by atoms with van der Waals surface area (Å²) in [7, 11) is 0. The van der Waals surface area contributed by atoms with Gasteiger partial charge >= 0.3 is 0 Å².